The molecule has 5 heteroatoms. The van der Waals surface area contributed by atoms with E-state index in [4.69, 9.17) is 11.6 Å². The van der Waals surface area contributed by atoms with Gasteiger partial charge in [-0.05, 0) is 6.92 Å². The third-order valence-corrected chi connectivity index (χ3v) is 1.25. The minimum Gasteiger partial charge on any atom is -0.465 e. The standard InChI is InChI=1S/C6H7ClO4/c1-2-11-6(10)5(7)4(9)3-8/h3,5H,2H2,1H3. The van der Waals surface area contributed by atoms with E-state index in [1.807, 2.05) is 0 Å². The lowest BCUT2D eigenvalue weighted by atomic mass is 10.3. The molecule has 0 aliphatic rings. The van der Waals surface area contributed by atoms with Crippen LogP contribution in [0.5, 0.6) is 0 Å². The number of hydrogen-bond donors (Lipinski definition) is 0. The molecule has 0 spiro atoms. The molecule has 0 aromatic heterocycles. The Morgan fingerprint density at radius 1 is 1.64 bits per heavy atom. The molecule has 0 aromatic carbocycles. The fourth-order valence-electron chi connectivity index (χ4n) is 0.391. The molecule has 1 unspecified atom stereocenters. The van der Waals surface area contributed by atoms with Gasteiger partial charge in [-0.1, -0.05) is 0 Å². The number of rotatable bonds is 4. The Bertz CT molecular complexity index is 177. The van der Waals surface area contributed by atoms with Crippen LogP contribution in [-0.2, 0) is 19.1 Å². The summed E-state index contributed by atoms with van der Waals surface area (Å²) in [5, 5.41) is -1.49. The van der Waals surface area contributed by atoms with Crippen molar-refractivity contribution in [2.45, 2.75) is 12.3 Å². The Labute approximate surface area is 68.5 Å². The number of ether oxygens (including phenoxy) is 1. The van der Waals surface area contributed by atoms with Gasteiger partial charge in [-0.15, -0.1) is 11.6 Å². The Morgan fingerprint density at radius 3 is 2.55 bits per heavy atom. The summed E-state index contributed by atoms with van der Waals surface area (Å²) in [5.41, 5.74) is 0. The maximum Gasteiger partial charge on any atom is 0.332 e. The molecule has 0 amide bonds. The molecule has 11 heavy (non-hydrogen) atoms. The lowest BCUT2D eigenvalue weighted by molar-refractivity contribution is -0.146. The fourth-order valence-corrected chi connectivity index (χ4v) is 0.506. The van der Waals surface area contributed by atoms with Crippen LogP contribution in [0.2, 0.25) is 0 Å². The third kappa shape index (κ3) is 3.13. The number of carbonyl (C=O) groups is 3. The zero-order chi connectivity index (χ0) is 8.85. The van der Waals surface area contributed by atoms with Crippen LogP contribution in [0, 0.1) is 0 Å². The number of carbonyl (C=O) groups excluding carboxylic acids is 3. The Hall–Kier alpha value is -0.900. The second-order valence-corrected chi connectivity index (χ2v) is 2.07. The van der Waals surface area contributed by atoms with Crippen molar-refractivity contribution in [3.63, 3.8) is 0 Å². The summed E-state index contributed by atoms with van der Waals surface area (Å²) >= 11 is 5.21. The molecule has 1 atom stereocenters. The van der Waals surface area contributed by atoms with Crippen molar-refractivity contribution in [2.24, 2.45) is 0 Å². The predicted molar refractivity (Wildman–Crippen MR) is 37.3 cm³/mol. The highest BCUT2D eigenvalue weighted by Crippen LogP contribution is 1.98. The van der Waals surface area contributed by atoms with Crippen LogP contribution in [0.25, 0.3) is 0 Å². The minimum absolute atomic E-state index is 0.00537. The molecule has 0 heterocycles. The van der Waals surface area contributed by atoms with E-state index in [0.29, 0.717) is 0 Å². The van der Waals surface area contributed by atoms with E-state index < -0.39 is 17.1 Å². The first-order chi connectivity index (χ1) is 5.13. The highest BCUT2D eigenvalue weighted by Gasteiger charge is 2.24. The van der Waals surface area contributed by atoms with Crippen LogP contribution in [0.15, 0.2) is 0 Å². The van der Waals surface area contributed by atoms with E-state index in [1.165, 1.54) is 0 Å². The van der Waals surface area contributed by atoms with Gasteiger partial charge in [0.2, 0.25) is 5.78 Å². The van der Waals surface area contributed by atoms with E-state index in [2.05, 4.69) is 4.74 Å². The summed E-state index contributed by atoms with van der Waals surface area (Å²) in [6, 6.07) is 0. The second kappa shape index (κ2) is 4.85. The van der Waals surface area contributed by atoms with Gasteiger partial charge in [0.05, 0.1) is 6.61 Å². The average molecular weight is 179 g/mol. The Balaban J connectivity index is 4.01. The second-order valence-electron chi connectivity index (χ2n) is 1.63. The largest absolute Gasteiger partial charge is 0.465 e. The minimum atomic E-state index is -1.49. The lowest BCUT2D eigenvalue weighted by Gasteiger charge is -2.02. The SMILES string of the molecule is CCOC(=O)C(Cl)C(=O)C=O. The first-order valence-corrected chi connectivity index (χ1v) is 3.36. The van der Waals surface area contributed by atoms with Crippen molar-refractivity contribution in [1.82, 2.24) is 0 Å². The zero-order valence-corrected chi connectivity index (χ0v) is 6.63. The van der Waals surface area contributed by atoms with E-state index >= 15 is 0 Å². The normalized spacial score (nSPS) is 11.8. The van der Waals surface area contributed by atoms with Gasteiger partial charge in [-0.2, -0.15) is 0 Å². The van der Waals surface area contributed by atoms with Gasteiger partial charge < -0.3 is 4.74 Å². The number of halogens is 1. The number of Topliss-reactive ketones (excluding diaryl/α,β-unsaturated/α-hetero) is 1. The van der Waals surface area contributed by atoms with Gasteiger partial charge in [-0.3, -0.25) is 9.59 Å². The van der Waals surface area contributed by atoms with Crippen LogP contribution < -0.4 is 0 Å². The highest BCUT2D eigenvalue weighted by atomic mass is 35.5. The molecule has 0 aromatic rings. The van der Waals surface area contributed by atoms with Crippen LogP contribution in [-0.4, -0.2) is 30.0 Å². The van der Waals surface area contributed by atoms with Crippen molar-refractivity contribution in [3.8, 4) is 0 Å². The summed E-state index contributed by atoms with van der Waals surface area (Å²) in [6.07, 6.45) is -0.00537. The van der Waals surface area contributed by atoms with Crippen LogP contribution in [0.3, 0.4) is 0 Å². The quantitative estimate of drug-likeness (QED) is 0.199. The molecule has 0 fully saturated rings. The third-order valence-electron chi connectivity index (χ3n) is 0.859. The molecule has 0 aliphatic heterocycles. The monoisotopic (exact) mass is 178 g/mol. The van der Waals surface area contributed by atoms with Gasteiger partial charge in [0, 0.05) is 0 Å². The number of hydrogen-bond acceptors (Lipinski definition) is 4. The lowest BCUT2D eigenvalue weighted by Crippen LogP contribution is -2.27. The maximum absolute atomic E-state index is 10.6. The number of ketones is 1. The van der Waals surface area contributed by atoms with Crippen LogP contribution in [0.4, 0.5) is 0 Å². The topological polar surface area (TPSA) is 60.4 Å². The number of alkyl halides is 1. The first-order valence-electron chi connectivity index (χ1n) is 2.93. The molecule has 0 aliphatic carbocycles. The van der Waals surface area contributed by atoms with E-state index in [-0.39, 0.29) is 12.9 Å². The molecule has 0 N–H and O–H groups in total. The number of esters is 1. The van der Waals surface area contributed by atoms with Gasteiger partial charge in [-0.25, -0.2) is 4.79 Å². The zero-order valence-electron chi connectivity index (χ0n) is 5.87. The maximum atomic E-state index is 10.6. The predicted octanol–water partition coefficient (Wildman–Crippen LogP) is -0.0751. The summed E-state index contributed by atoms with van der Waals surface area (Å²) in [7, 11) is 0. The van der Waals surface area contributed by atoms with Gasteiger partial charge in [0.1, 0.15) is 0 Å². The molecule has 4 nitrogen and oxygen atoms in total. The Morgan fingerprint density at radius 2 is 2.18 bits per heavy atom. The highest BCUT2D eigenvalue weighted by molar-refractivity contribution is 6.50. The van der Waals surface area contributed by atoms with E-state index in [9.17, 15) is 14.4 Å². The smallest absolute Gasteiger partial charge is 0.332 e. The van der Waals surface area contributed by atoms with Crippen molar-refractivity contribution < 1.29 is 19.1 Å². The van der Waals surface area contributed by atoms with Crippen molar-refractivity contribution in [1.29, 1.82) is 0 Å². The van der Waals surface area contributed by atoms with Crippen molar-refractivity contribution in [3.05, 3.63) is 0 Å². The van der Waals surface area contributed by atoms with Gasteiger partial charge >= 0.3 is 5.97 Å². The molecular weight excluding hydrogens is 172 g/mol. The average Bonchev–Trinajstić information content (AvgIpc) is 2.02. The molecule has 0 saturated carbocycles. The Kier molecular flexibility index (Phi) is 4.45. The summed E-state index contributed by atoms with van der Waals surface area (Å²) in [6.45, 7) is 1.71. The molecule has 0 bridgehead atoms. The van der Waals surface area contributed by atoms with Crippen molar-refractivity contribution in [2.75, 3.05) is 6.61 Å². The summed E-state index contributed by atoms with van der Waals surface area (Å²) < 4.78 is 4.38. The molecule has 0 saturated heterocycles. The summed E-state index contributed by atoms with van der Waals surface area (Å²) in [4.78, 5) is 30.8. The number of aldehydes is 1. The van der Waals surface area contributed by atoms with E-state index in [0.717, 1.165) is 0 Å². The van der Waals surface area contributed by atoms with Gasteiger partial charge in [0.15, 0.2) is 11.7 Å². The first kappa shape index (κ1) is 10.1. The summed E-state index contributed by atoms with van der Waals surface area (Å²) in [5.74, 6) is -1.86. The molecule has 0 rings (SSSR count). The fraction of sp³-hybridized carbons (Fsp3) is 0.500. The van der Waals surface area contributed by atoms with Crippen molar-refractivity contribution >= 4 is 29.6 Å². The molecular formula is C6H7ClO4. The van der Waals surface area contributed by atoms with E-state index in [1.54, 1.807) is 6.92 Å². The van der Waals surface area contributed by atoms with Crippen LogP contribution in [0.1, 0.15) is 6.92 Å². The molecule has 62 valence electrons. The van der Waals surface area contributed by atoms with Gasteiger partial charge in [0.25, 0.3) is 0 Å². The molecule has 0 radical (unpaired) electrons. The van der Waals surface area contributed by atoms with Crippen LogP contribution >= 0.6 is 11.6 Å².